The topological polar surface area (TPSA) is 91.9 Å². The Hall–Kier alpha value is -3.90. The van der Waals surface area contributed by atoms with Gasteiger partial charge in [0.25, 0.3) is 0 Å². The standard InChI is InChI=1S/C31H37F3N6O3/c1-30(2)27-20(6-5-7-25(27)36-28(30)41)8-10-23-22(31(32,33)34)19-35-29(37-23)38-24-11-9-21(18-26(24)43-4)40-14-12-39(13-15-40)16-17-42-3/h5-7,9,11,18-19H,8,10,12-17H2,1-4H3,(H,36,41)(H,35,37,38). The van der Waals surface area contributed by atoms with E-state index in [2.05, 4.69) is 30.4 Å². The predicted molar refractivity (Wildman–Crippen MR) is 159 cm³/mol. The van der Waals surface area contributed by atoms with Crippen LogP contribution in [-0.4, -0.2) is 74.3 Å². The predicted octanol–water partition coefficient (Wildman–Crippen LogP) is 5.03. The molecule has 0 atom stereocenters. The highest BCUT2D eigenvalue weighted by molar-refractivity contribution is 6.06. The van der Waals surface area contributed by atoms with Crippen LogP contribution in [0, 0.1) is 0 Å². The van der Waals surface area contributed by atoms with Crippen LogP contribution >= 0.6 is 0 Å². The number of amides is 1. The number of aromatic nitrogens is 2. The summed E-state index contributed by atoms with van der Waals surface area (Å²) in [5.74, 6) is 0.434. The van der Waals surface area contributed by atoms with Crippen molar-refractivity contribution in [1.29, 1.82) is 0 Å². The highest BCUT2D eigenvalue weighted by Gasteiger charge is 2.40. The second-order valence-electron chi connectivity index (χ2n) is 11.3. The van der Waals surface area contributed by atoms with Gasteiger partial charge < -0.3 is 25.0 Å². The van der Waals surface area contributed by atoms with Crippen molar-refractivity contribution in [2.75, 3.05) is 69.1 Å². The number of anilines is 4. The minimum absolute atomic E-state index is 0.0131. The molecule has 0 saturated carbocycles. The molecule has 43 heavy (non-hydrogen) atoms. The first kappa shape index (κ1) is 30.6. The maximum Gasteiger partial charge on any atom is 0.419 e. The molecule has 1 aromatic heterocycles. The number of carbonyl (C=O) groups excluding carboxylic acids is 1. The average Bonchev–Trinajstić information content (AvgIpc) is 3.22. The van der Waals surface area contributed by atoms with Crippen molar-refractivity contribution in [3.63, 3.8) is 0 Å². The summed E-state index contributed by atoms with van der Waals surface area (Å²) in [5, 5.41) is 5.92. The number of nitrogens with zero attached hydrogens (tertiary/aromatic N) is 4. The number of halogens is 3. The molecule has 0 unspecified atom stereocenters. The van der Waals surface area contributed by atoms with E-state index in [0.29, 0.717) is 23.7 Å². The van der Waals surface area contributed by atoms with Gasteiger partial charge in [-0.05, 0) is 56.0 Å². The number of fused-ring (bicyclic) bond motifs is 1. The van der Waals surface area contributed by atoms with E-state index < -0.39 is 17.2 Å². The lowest BCUT2D eigenvalue weighted by Crippen LogP contribution is -2.47. The summed E-state index contributed by atoms with van der Waals surface area (Å²) in [5.41, 5.74) is 2.05. The molecule has 230 valence electrons. The van der Waals surface area contributed by atoms with Crippen LogP contribution < -0.4 is 20.3 Å². The molecular weight excluding hydrogens is 561 g/mol. The van der Waals surface area contributed by atoms with Crippen LogP contribution in [-0.2, 0) is 34.0 Å². The minimum Gasteiger partial charge on any atom is -0.494 e. The number of aryl methyl sites for hydroxylation is 2. The molecule has 1 amide bonds. The molecule has 0 bridgehead atoms. The van der Waals surface area contributed by atoms with Gasteiger partial charge in [-0.3, -0.25) is 9.69 Å². The molecular formula is C31H37F3N6O3. The number of hydrogen-bond acceptors (Lipinski definition) is 8. The highest BCUT2D eigenvalue weighted by atomic mass is 19.4. The van der Waals surface area contributed by atoms with Crippen LogP contribution in [0.5, 0.6) is 5.75 Å². The van der Waals surface area contributed by atoms with Gasteiger partial charge in [0.05, 0.1) is 36.1 Å². The fourth-order valence-electron chi connectivity index (χ4n) is 5.75. The Morgan fingerprint density at radius 1 is 1.07 bits per heavy atom. The Balaban J connectivity index is 1.34. The quantitative estimate of drug-likeness (QED) is 0.336. The summed E-state index contributed by atoms with van der Waals surface area (Å²) in [4.78, 5) is 25.4. The van der Waals surface area contributed by atoms with Crippen LogP contribution in [0.2, 0.25) is 0 Å². The molecule has 0 radical (unpaired) electrons. The lowest BCUT2D eigenvalue weighted by Gasteiger charge is -2.36. The fraction of sp³-hybridized carbons (Fsp3) is 0.452. The Bertz CT molecular complexity index is 1470. The first-order valence-corrected chi connectivity index (χ1v) is 14.3. The zero-order valence-electron chi connectivity index (χ0n) is 24.8. The van der Waals surface area contributed by atoms with E-state index in [1.807, 2.05) is 38.1 Å². The van der Waals surface area contributed by atoms with Gasteiger partial charge in [0, 0.05) is 63.5 Å². The van der Waals surface area contributed by atoms with Crippen LogP contribution in [0.3, 0.4) is 0 Å². The maximum absolute atomic E-state index is 14.0. The Morgan fingerprint density at radius 2 is 1.84 bits per heavy atom. The lowest BCUT2D eigenvalue weighted by atomic mass is 9.82. The SMILES string of the molecule is COCCN1CCN(c2ccc(Nc3ncc(C(F)(F)F)c(CCc4cccc5c4C(C)(C)C(=O)N5)n3)c(OC)c2)CC1. The van der Waals surface area contributed by atoms with E-state index in [9.17, 15) is 18.0 Å². The van der Waals surface area contributed by atoms with Gasteiger partial charge in [0.1, 0.15) is 5.75 Å². The number of ether oxygens (including phenoxy) is 2. The summed E-state index contributed by atoms with van der Waals surface area (Å²) in [6.45, 7) is 8.78. The Kier molecular flexibility index (Phi) is 8.79. The van der Waals surface area contributed by atoms with Crippen molar-refractivity contribution >= 4 is 28.9 Å². The smallest absolute Gasteiger partial charge is 0.419 e. The number of methoxy groups -OCH3 is 2. The van der Waals surface area contributed by atoms with Crippen LogP contribution in [0.4, 0.5) is 36.2 Å². The van der Waals surface area contributed by atoms with E-state index in [4.69, 9.17) is 9.47 Å². The first-order chi connectivity index (χ1) is 20.5. The van der Waals surface area contributed by atoms with E-state index >= 15 is 0 Å². The van der Waals surface area contributed by atoms with Crippen molar-refractivity contribution in [2.45, 2.75) is 38.3 Å². The largest absolute Gasteiger partial charge is 0.494 e. The third kappa shape index (κ3) is 6.54. The molecule has 0 spiro atoms. The molecule has 2 N–H and O–H groups in total. The maximum atomic E-state index is 14.0. The number of carbonyl (C=O) groups is 1. The van der Waals surface area contributed by atoms with Crippen molar-refractivity contribution in [3.8, 4) is 5.75 Å². The van der Waals surface area contributed by atoms with E-state index in [-0.39, 0.29) is 30.4 Å². The van der Waals surface area contributed by atoms with Crippen molar-refractivity contribution in [1.82, 2.24) is 14.9 Å². The van der Waals surface area contributed by atoms with Crippen LogP contribution in [0.15, 0.2) is 42.6 Å². The van der Waals surface area contributed by atoms with Crippen molar-refractivity contribution in [2.24, 2.45) is 0 Å². The molecule has 3 heterocycles. The van der Waals surface area contributed by atoms with E-state index in [1.165, 1.54) is 0 Å². The van der Waals surface area contributed by atoms with E-state index in [1.54, 1.807) is 26.4 Å². The molecule has 2 aromatic carbocycles. The molecule has 1 saturated heterocycles. The average molecular weight is 599 g/mol. The molecule has 1 fully saturated rings. The lowest BCUT2D eigenvalue weighted by molar-refractivity contribution is -0.138. The van der Waals surface area contributed by atoms with Gasteiger partial charge in [-0.25, -0.2) is 9.97 Å². The van der Waals surface area contributed by atoms with Gasteiger partial charge in [-0.1, -0.05) is 12.1 Å². The fourth-order valence-corrected chi connectivity index (χ4v) is 5.75. The molecule has 12 heteroatoms. The van der Waals surface area contributed by atoms with Crippen LogP contribution in [0.1, 0.15) is 36.2 Å². The molecule has 5 rings (SSSR count). The number of piperazine rings is 1. The number of rotatable bonds is 10. The molecule has 3 aromatic rings. The summed E-state index contributed by atoms with van der Waals surface area (Å²) in [6.07, 6.45) is -3.51. The summed E-state index contributed by atoms with van der Waals surface area (Å²) >= 11 is 0. The molecule has 9 nitrogen and oxygen atoms in total. The second kappa shape index (κ2) is 12.4. The minimum atomic E-state index is -4.61. The summed E-state index contributed by atoms with van der Waals surface area (Å²) in [7, 11) is 3.25. The summed E-state index contributed by atoms with van der Waals surface area (Å²) < 4.78 is 52.7. The number of alkyl halides is 3. The van der Waals surface area contributed by atoms with Gasteiger partial charge >= 0.3 is 6.18 Å². The monoisotopic (exact) mass is 598 g/mol. The van der Waals surface area contributed by atoms with Gasteiger partial charge in [0.2, 0.25) is 11.9 Å². The second-order valence-corrected chi connectivity index (χ2v) is 11.3. The van der Waals surface area contributed by atoms with Gasteiger partial charge in [-0.15, -0.1) is 0 Å². The zero-order valence-corrected chi connectivity index (χ0v) is 24.8. The molecule has 2 aliphatic rings. The highest BCUT2D eigenvalue weighted by Crippen LogP contribution is 2.40. The molecule has 0 aliphatic carbocycles. The normalized spacial score (nSPS) is 16.6. The van der Waals surface area contributed by atoms with Gasteiger partial charge in [0.15, 0.2) is 0 Å². The molecule has 2 aliphatic heterocycles. The van der Waals surface area contributed by atoms with Crippen molar-refractivity contribution in [3.05, 3.63) is 65.0 Å². The van der Waals surface area contributed by atoms with Crippen LogP contribution in [0.25, 0.3) is 0 Å². The third-order valence-corrected chi connectivity index (χ3v) is 8.18. The Morgan fingerprint density at radius 3 is 2.53 bits per heavy atom. The number of hydrogen-bond donors (Lipinski definition) is 2. The zero-order chi connectivity index (χ0) is 30.8. The van der Waals surface area contributed by atoms with E-state index in [0.717, 1.165) is 55.7 Å². The van der Waals surface area contributed by atoms with Gasteiger partial charge in [-0.2, -0.15) is 13.2 Å². The van der Waals surface area contributed by atoms with Crippen molar-refractivity contribution < 1.29 is 27.4 Å². The number of benzene rings is 2. The third-order valence-electron chi connectivity index (χ3n) is 8.18. The first-order valence-electron chi connectivity index (χ1n) is 14.3. The Labute approximate surface area is 249 Å². The summed E-state index contributed by atoms with van der Waals surface area (Å²) in [6, 6.07) is 11.1. The number of nitrogens with one attached hydrogen (secondary N) is 2.